The van der Waals surface area contributed by atoms with E-state index in [9.17, 15) is 0 Å². The topological polar surface area (TPSA) is 0 Å². The summed E-state index contributed by atoms with van der Waals surface area (Å²) < 4.78 is 3.08. The maximum absolute atomic E-state index is 2.40. The highest BCUT2D eigenvalue weighted by Gasteiger charge is 2.18. The quantitative estimate of drug-likeness (QED) is 0.370. The predicted octanol–water partition coefficient (Wildman–Crippen LogP) is 5.18. The van der Waals surface area contributed by atoms with E-state index in [1.54, 1.807) is 11.1 Å². The fraction of sp³-hybridized carbons (Fsp3) is 0.538. The lowest BCUT2D eigenvalue weighted by Crippen LogP contribution is -3.61. The zero-order chi connectivity index (χ0) is 19.5. The first-order valence-corrected chi connectivity index (χ1v) is 13.2. The van der Waals surface area contributed by atoms with Crippen LogP contribution in [0.25, 0.3) is 0 Å². The molecule has 0 radical (unpaired) electrons. The minimum absolute atomic E-state index is 0.0697. The van der Waals surface area contributed by atoms with Gasteiger partial charge in [-0.2, -0.15) is 0 Å². The minimum atomic E-state index is -0.0697. The van der Waals surface area contributed by atoms with Crippen LogP contribution in [0.2, 0.25) is 0 Å². The first kappa shape index (κ1) is 22.5. The fourth-order valence-corrected chi connectivity index (χ4v) is 6.23. The van der Waals surface area contributed by atoms with Crippen molar-refractivity contribution in [3.05, 3.63) is 66.8 Å². The molecule has 0 amide bonds. The molecule has 0 heterocycles. The van der Waals surface area contributed by atoms with Crippen LogP contribution in [0.15, 0.2) is 48.5 Å². The Morgan fingerprint density at radius 1 is 0.519 bits per heavy atom. The molecule has 0 saturated carbocycles. The van der Waals surface area contributed by atoms with E-state index in [1.165, 1.54) is 58.5 Å². The van der Waals surface area contributed by atoms with E-state index in [1.807, 2.05) is 0 Å². The van der Waals surface area contributed by atoms with Gasteiger partial charge in [0.2, 0.25) is 0 Å². The molecule has 27 heavy (non-hydrogen) atoms. The number of hydrogen-bond acceptors (Lipinski definition) is 0. The molecule has 1 heteroatoms. The first-order valence-electron chi connectivity index (χ1n) is 11.1. The molecule has 148 valence electrons. The van der Waals surface area contributed by atoms with Gasteiger partial charge in [0.1, 0.15) is 0 Å². The molecule has 0 unspecified atom stereocenters. The van der Waals surface area contributed by atoms with Crippen molar-refractivity contribution in [2.75, 3.05) is 0 Å². The van der Waals surface area contributed by atoms with Crippen LogP contribution in [-0.4, -0.2) is 0 Å². The Morgan fingerprint density at radius 3 is 1.07 bits per heavy atom. The van der Waals surface area contributed by atoms with E-state index < -0.39 is 0 Å². The Labute approximate surface area is 178 Å². The zero-order valence-corrected chi connectivity index (χ0v) is 20.0. The maximum Gasteiger partial charge on any atom is 0.357 e. The lowest BCUT2D eigenvalue weighted by atomic mass is 9.91. The van der Waals surface area contributed by atoms with Gasteiger partial charge < -0.3 is 0 Å². The Balaban J connectivity index is 2.02. The molecule has 0 nitrogen and oxygen atoms in total. The standard InChI is InChI=1S/C26H38I/c1-5-9-21(10-6-2)23-13-17-25(18-14-23)27-26-19-15-24(16-20-26)22(11-7-3)12-8-4/h13-22H,5-12H2,1-4H3/q+1. The molecule has 0 bridgehead atoms. The van der Waals surface area contributed by atoms with Crippen molar-refractivity contribution < 1.29 is 21.2 Å². The van der Waals surface area contributed by atoms with Crippen LogP contribution in [0.5, 0.6) is 0 Å². The van der Waals surface area contributed by atoms with E-state index in [0.29, 0.717) is 0 Å². The van der Waals surface area contributed by atoms with Gasteiger partial charge in [0, 0.05) is 0 Å². The van der Waals surface area contributed by atoms with Gasteiger partial charge in [0.05, 0.1) is 0 Å². The van der Waals surface area contributed by atoms with Crippen LogP contribution < -0.4 is 21.2 Å². The summed E-state index contributed by atoms with van der Waals surface area (Å²) in [4.78, 5) is 0. The molecular weight excluding hydrogens is 439 g/mol. The SMILES string of the molecule is CCCC(CCC)c1ccc([I+]c2ccc(C(CCC)CCC)cc2)cc1. The smallest absolute Gasteiger partial charge is 0.0654 e. The molecule has 0 aliphatic rings. The highest BCUT2D eigenvalue weighted by molar-refractivity contribution is 5.21. The second kappa shape index (κ2) is 12.6. The van der Waals surface area contributed by atoms with Gasteiger partial charge in [0.25, 0.3) is 0 Å². The van der Waals surface area contributed by atoms with E-state index >= 15 is 0 Å². The number of halogens is 1. The predicted molar refractivity (Wildman–Crippen MR) is 115 cm³/mol. The van der Waals surface area contributed by atoms with Crippen molar-refractivity contribution in [3.8, 4) is 0 Å². The molecule has 0 aliphatic carbocycles. The highest BCUT2D eigenvalue weighted by atomic mass is 127. The molecule has 0 N–H and O–H groups in total. The summed E-state index contributed by atoms with van der Waals surface area (Å²) in [5.41, 5.74) is 3.09. The Kier molecular flexibility index (Phi) is 10.5. The highest BCUT2D eigenvalue weighted by Crippen LogP contribution is 2.26. The number of benzene rings is 2. The summed E-state index contributed by atoms with van der Waals surface area (Å²) >= 11 is -0.0697. The van der Waals surface area contributed by atoms with Crippen LogP contribution in [0.3, 0.4) is 0 Å². The monoisotopic (exact) mass is 477 g/mol. The van der Waals surface area contributed by atoms with E-state index in [2.05, 4.69) is 76.2 Å². The van der Waals surface area contributed by atoms with Gasteiger partial charge in [-0.3, -0.25) is 0 Å². The summed E-state index contributed by atoms with van der Waals surface area (Å²) in [5, 5.41) is 0. The molecule has 0 aromatic heterocycles. The lowest BCUT2D eigenvalue weighted by molar-refractivity contribution is -0.597. The molecular formula is C26H38I+. The van der Waals surface area contributed by atoms with Gasteiger partial charge in [0.15, 0.2) is 7.14 Å². The minimum Gasteiger partial charge on any atom is -0.0654 e. The van der Waals surface area contributed by atoms with Crippen molar-refractivity contribution in [3.63, 3.8) is 0 Å². The van der Waals surface area contributed by atoms with Crippen molar-refractivity contribution in [2.24, 2.45) is 0 Å². The average molecular weight is 477 g/mol. The summed E-state index contributed by atoms with van der Waals surface area (Å²) in [6.07, 6.45) is 10.4. The number of rotatable bonds is 12. The fourth-order valence-electron chi connectivity index (χ4n) is 4.07. The average Bonchev–Trinajstić information content (AvgIpc) is 2.69. The van der Waals surface area contributed by atoms with Crippen molar-refractivity contribution >= 4 is 0 Å². The van der Waals surface area contributed by atoms with Gasteiger partial charge >= 0.3 is 21.2 Å². The van der Waals surface area contributed by atoms with Crippen molar-refractivity contribution in [1.29, 1.82) is 0 Å². The second-order valence-electron chi connectivity index (χ2n) is 7.75. The number of hydrogen-bond donors (Lipinski definition) is 0. The third-order valence-corrected chi connectivity index (χ3v) is 8.13. The van der Waals surface area contributed by atoms with Crippen LogP contribution in [-0.2, 0) is 0 Å². The molecule has 0 fully saturated rings. The van der Waals surface area contributed by atoms with Crippen LogP contribution in [0.4, 0.5) is 0 Å². The van der Waals surface area contributed by atoms with E-state index in [4.69, 9.17) is 0 Å². The largest absolute Gasteiger partial charge is 0.357 e. The third kappa shape index (κ3) is 7.25. The Hall–Kier alpha value is -0.830. The second-order valence-corrected chi connectivity index (χ2v) is 10.8. The molecule has 0 aliphatic heterocycles. The molecule has 0 atom stereocenters. The Bertz CT molecular complexity index is 557. The molecule has 0 saturated heterocycles. The normalized spacial score (nSPS) is 11.5. The molecule has 2 rings (SSSR count). The maximum atomic E-state index is 2.40. The summed E-state index contributed by atoms with van der Waals surface area (Å²) in [6, 6.07) is 19.2. The van der Waals surface area contributed by atoms with Crippen molar-refractivity contribution in [2.45, 2.75) is 90.9 Å². The van der Waals surface area contributed by atoms with Crippen LogP contribution in [0.1, 0.15) is 102 Å². The van der Waals surface area contributed by atoms with Gasteiger partial charge in [-0.1, -0.05) is 77.6 Å². The molecule has 2 aromatic carbocycles. The summed E-state index contributed by atoms with van der Waals surface area (Å²) in [5.74, 6) is 1.50. The summed E-state index contributed by atoms with van der Waals surface area (Å²) in [7, 11) is 0. The third-order valence-electron chi connectivity index (χ3n) is 5.45. The molecule has 0 spiro atoms. The first-order chi connectivity index (χ1) is 13.2. The zero-order valence-electron chi connectivity index (χ0n) is 17.8. The molecule has 2 aromatic rings. The van der Waals surface area contributed by atoms with Gasteiger partial charge in [-0.05, 0) is 72.9 Å². The van der Waals surface area contributed by atoms with E-state index in [-0.39, 0.29) is 21.2 Å². The van der Waals surface area contributed by atoms with Crippen LogP contribution >= 0.6 is 0 Å². The van der Waals surface area contributed by atoms with Gasteiger partial charge in [-0.25, -0.2) is 0 Å². The van der Waals surface area contributed by atoms with Crippen LogP contribution in [0, 0.1) is 7.14 Å². The van der Waals surface area contributed by atoms with Gasteiger partial charge in [-0.15, -0.1) is 0 Å². The summed E-state index contributed by atoms with van der Waals surface area (Å²) in [6.45, 7) is 9.21. The lowest BCUT2D eigenvalue weighted by Gasteiger charge is -2.15. The Morgan fingerprint density at radius 2 is 0.815 bits per heavy atom. The van der Waals surface area contributed by atoms with E-state index in [0.717, 1.165) is 11.8 Å². The van der Waals surface area contributed by atoms with Crippen molar-refractivity contribution in [1.82, 2.24) is 0 Å².